The van der Waals surface area contributed by atoms with Crippen molar-refractivity contribution in [2.45, 2.75) is 26.4 Å². The zero-order valence-electron chi connectivity index (χ0n) is 15.1. The minimum atomic E-state index is 0.532. The van der Waals surface area contributed by atoms with Crippen LogP contribution in [-0.4, -0.2) is 34.2 Å². The highest BCUT2D eigenvalue weighted by Crippen LogP contribution is 2.13. The summed E-state index contributed by atoms with van der Waals surface area (Å²) >= 11 is 0. The summed E-state index contributed by atoms with van der Waals surface area (Å²) in [6, 6.07) is 13.9. The molecule has 0 amide bonds. The molecule has 0 aliphatic heterocycles. The summed E-state index contributed by atoms with van der Waals surface area (Å²) in [7, 11) is 1.75. The van der Waals surface area contributed by atoms with Gasteiger partial charge in [-0.15, -0.1) is 10.2 Å². The average molecular weight is 352 g/mol. The van der Waals surface area contributed by atoms with Crippen LogP contribution < -0.4 is 15.4 Å². The number of aromatic nitrogens is 3. The Bertz CT molecular complexity index is 873. The number of rotatable bonds is 7. The summed E-state index contributed by atoms with van der Waals surface area (Å²) in [5.41, 5.74) is 1.96. The molecular formula is C19H24N6O. The maximum atomic E-state index is 5.67. The first-order valence-corrected chi connectivity index (χ1v) is 8.75. The number of nitrogens with zero attached hydrogens (tertiary/aromatic N) is 4. The van der Waals surface area contributed by atoms with E-state index in [1.807, 2.05) is 47.0 Å². The Morgan fingerprint density at radius 1 is 1.12 bits per heavy atom. The third-order valence-electron chi connectivity index (χ3n) is 3.85. The van der Waals surface area contributed by atoms with E-state index in [9.17, 15) is 0 Å². The molecular weight excluding hydrogens is 328 g/mol. The van der Waals surface area contributed by atoms with E-state index in [1.165, 1.54) is 0 Å². The molecule has 3 aromatic rings. The van der Waals surface area contributed by atoms with Gasteiger partial charge in [-0.25, -0.2) is 0 Å². The lowest BCUT2D eigenvalue weighted by Crippen LogP contribution is -2.36. The van der Waals surface area contributed by atoms with Gasteiger partial charge in [-0.3, -0.25) is 9.39 Å². The molecule has 26 heavy (non-hydrogen) atoms. The summed E-state index contributed by atoms with van der Waals surface area (Å²) < 4.78 is 7.63. The van der Waals surface area contributed by atoms with E-state index >= 15 is 0 Å². The van der Waals surface area contributed by atoms with Crippen LogP contribution in [0.5, 0.6) is 5.75 Å². The first-order chi connectivity index (χ1) is 12.8. The summed E-state index contributed by atoms with van der Waals surface area (Å²) in [6.07, 6.45) is 2.95. The van der Waals surface area contributed by atoms with Gasteiger partial charge in [-0.05, 0) is 36.2 Å². The van der Waals surface area contributed by atoms with E-state index in [-0.39, 0.29) is 0 Å². The van der Waals surface area contributed by atoms with Crippen LogP contribution in [0.1, 0.15) is 24.7 Å². The van der Waals surface area contributed by atoms with Gasteiger partial charge in [-0.1, -0.05) is 25.1 Å². The molecule has 0 atom stereocenters. The van der Waals surface area contributed by atoms with Crippen molar-refractivity contribution in [3.8, 4) is 5.75 Å². The first kappa shape index (κ1) is 17.7. The fourth-order valence-electron chi connectivity index (χ4n) is 2.55. The van der Waals surface area contributed by atoms with Crippen LogP contribution >= 0.6 is 0 Å². The van der Waals surface area contributed by atoms with Crippen LogP contribution in [0.25, 0.3) is 5.65 Å². The average Bonchev–Trinajstić information content (AvgIpc) is 3.10. The quantitative estimate of drug-likeness (QED) is 0.504. The molecule has 2 aromatic heterocycles. The number of fused-ring (bicyclic) bond motifs is 1. The second kappa shape index (κ2) is 8.84. The number of ether oxygens (including phenoxy) is 1. The highest BCUT2D eigenvalue weighted by Gasteiger charge is 2.06. The van der Waals surface area contributed by atoms with E-state index < -0.39 is 0 Å². The molecule has 1 aromatic carbocycles. The normalized spacial score (nSPS) is 11.5. The zero-order chi connectivity index (χ0) is 18.2. The van der Waals surface area contributed by atoms with Gasteiger partial charge in [0, 0.05) is 19.8 Å². The molecule has 0 aliphatic carbocycles. The van der Waals surface area contributed by atoms with Crippen molar-refractivity contribution in [3.63, 3.8) is 0 Å². The lowest BCUT2D eigenvalue weighted by Gasteiger charge is -2.12. The van der Waals surface area contributed by atoms with Gasteiger partial charge in [0.2, 0.25) is 0 Å². The van der Waals surface area contributed by atoms with Crippen molar-refractivity contribution in [3.05, 3.63) is 60.0 Å². The van der Waals surface area contributed by atoms with Gasteiger partial charge in [0.25, 0.3) is 0 Å². The Morgan fingerprint density at radius 2 is 2.00 bits per heavy atom. The minimum absolute atomic E-state index is 0.532. The predicted octanol–water partition coefficient (Wildman–Crippen LogP) is 2.38. The summed E-state index contributed by atoms with van der Waals surface area (Å²) in [5.74, 6) is 2.43. The largest absolute Gasteiger partial charge is 0.494 e. The Labute approximate surface area is 153 Å². The molecule has 0 fully saturated rings. The number of guanidine groups is 1. The molecule has 7 nitrogen and oxygen atoms in total. The second-order valence-corrected chi connectivity index (χ2v) is 5.82. The van der Waals surface area contributed by atoms with Crippen LogP contribution in [0.3, 0.4) is 0 Å². The van der Waals surface area contributed by atoms with E-state index in [1.54, 1.807) is 7.05 Å². The third kappa shape index (κ3) is 4.50. The van der Waals surface area contributed by atoms with E-state index in [0.29, 0.717) is 19.0 Å². The standard InChI is InChI=1S/C19H24N6O/c1-3-11-26-16-8-6-7-15(12-16)13-21-19(20-2)22-14-18-24-23-17-9-4-5-10-25(17)18/h4-10,12H,3,11,13-14H2,1-2H3,(H2,20,21,22). The maximum absolute atomic E-state index is 5.67. The van der Waals surface area contributed by atoms with Gasteiger partial charge < -0.3 is 15.4 Å². The molecule has 2 heterocycles. The number of benzene rings is 1. The van der Waals surface area contributed by atoms with Gasteiger partial charge in [0.05, 0.1) is 13.2 Å². The van der Waals surface area contributed by atoms with E-state index in [0.717, 1.165) is 35.8 Å². The zero-order valence-corrected chi connectivity index (χ0v) is 15.1. The summed E-state index contributed by atoms with van der Waals surface area (Å²) in [4.78, 5) is 4.26. The fraction of sp³-hybridized carbons (Fsp3) is 0.316. The molecule has 0 bridgehead atoms. The van der Waals surface area contributed by atoms with Crippen molar-refractivity contribution in [1.82, 2.24) is 25.2 Å². The highest BCUT2D eigenvalue weighted by atomic mass is 16.5. The van der Waals surface area contributed by atoms with Crippen molar-refractivity contribution in [2.75, 3.05) is 13.7 Å². The topological polar surface area (TPSA) is 75.8 Å². The van der Waals surface area contributed by atoms with E-state index in [2.05, 4.69) is 38.8 Å². The molecule has 0 spiro atoms. The Kier molecular flexibility index (Phi) is 6.03. The number of pyridine rings is 1. The molecule has 0 unspecified atom stereocenters. The number of aliphatic imine (C=N–C) groups is 1. The molecule has 3 rings (SSSR count). The Balaban J connectivity index is 1.55. The van der Waals surface area contributed by atoms with Crippen LogP contribution in [0.15, 0.2) is 53.7 Å². The SMILES string of the molecule is CCCOc1cccc(CNC(=NC)NCc2nnc3ccccn23)c1. The molecule has 7 heteroatoms. The lowest BCUT2D eigenvalue weighted by molar-refractivity contribution is 0.317. The van der Waals surface area contributed by atoms with Crippen LogP contribution in [-0.2, 0) is 13.1 Å². The van der Waals surface area contributed by atoms with Crippen molar-refractivity contribution in [1.29, 1.82) is 0 Å². The Morgan fingerprint density at radius 3 is 2.85 bits per heavy atom. The second-order valence-electron chi connectivity index (χ2n) is 5.82. The van der Waals surface area contributed by atoms with Gasteiger partial charge in [0.1, 0.15) is 5.75 Å². The summed E-state index contributed by atoms with van der Waals surface area (Å²) in [5, 5.41) is 14.9. The first-order valence-electron chi connectivity index (χ1n) is 8.75. The minimum Gasteiger partial charge on any atom is -0.494 e. The summed E-state index contributed by atoms with van der Waals surface area (Å²) in [6.45, 7) is 4.01. The van der Waals surface area contributed by atoms with Crippen LogP contribution in [0.4, 0.5) is 0 Å². The van der Waals surface area contributed by atoms with Crippen molar-refractivity contribution >= 4 is 11.6 Å². The van der Waals surface area contributed by atoms with Crippen LogP contribution in [0.2, 0.25) is 0 Å². The highest BCUT2D eigenvalue weighted by molar-refractivity contribution is 5.79. The number of hydrogen-bond acceptors (Lipinski definition) is 4. The maximum Gasteiger partial charge on any atom is 0.191 e. The van der Waals surface area contributed by atoms with Crippen molar-refractivity contribution in [2.24, 2.45) is 4.99 Å². The number of nitrogens with one attached hydrogen (secondary N) is 2. The van der Waals surface area contributed by atoms with Gasteiger partial charge >= 0.3 is 0 Å². The molecule has 0 aliphatic rings. The molecule has 136 valence electrons. The van der Waals surface area contributed by atoms with Crippen molar-refractivity contribution < 1.29 is 4.74 Å². The van der Waals surface area contributed by atoms with Gasteiger partial charge in [-0.2, -0.15) is 0 Å². The van der Waals surface area contributed by atoms with Crippen LogP contribution in [0, 0.1) is 0 Å². The monoisotopic (exact) mass is 352 g/mol. The Hall–Kier alpha value is -3.09. The van der Waals surface area contributed by atoms with E-state index in [4.69, 9.17) is 4.74 Å². The number of hydrogen-bond donors (Lipinski definition) is 2. The lowest BCUT2D eigenvalue weighted by atomic mass is 10.2. The molecule has 0 saturated carbocycles. The molecule has 0 saturated heterocycles. The smallest absolute Gasteiger partial charge is 0.191 e. The molecule has 2 N–H and O–H groups in total. The fourth-order valence-corrected chi connectivity index (χ4v) is 2.55. The third-order valence-corrected chi connectivity index (χ3v) is 3.85. The molecule has 0 radical (unpaired) electrons. The predicted molar refractivity (Wildman–Crippen MR) is 102 cm³/mol. The van der Waals surface area contributed by atoms with Gasteiger partial charge in [0.15, 0.2) is 17.4 Å².